The molecule has 0 amide bonds. The Labute approximate surface area is 96.0 Å². The minimum absolute atomic E-state index is 0.0531. The van der Waals surface area contributed by atoms with E-state index < -0.39 is 0 Å². The van der Waals surface area contributed by atoms with Crippen molar-refractivity contribution in [1.82, 2.24) is 4.98 Å². The maximum absolute atomic E-state index is 6.21. The summed E-state index contributed by atoms with van der Waals surface area (Å²) in [5.74, 6) is 0.731. The van der Waals surface area contributed by atoms with Gasteiger partial charge in [-0.25, -0.2) is 4.98 Å². The molecule has 0 fully saturated rings. The lowest BCUT2D eigenvalue weighted by Crippen LogP contribution is -2.44. The summed E-state index contributed by atoms with van der Waals surface area (Å²) < 4.78 is 5.47. The Balaban J connectivity index is 2.33. The lowest BCUT2D eigenvalue weighted by molar-refractivity contribution is 0.324. The molecule has 2 rings (SSSR count). The highest BCUT2D eigenvalue weighted by Crippen LogP contribution is 2.35. The highest BCUT2D eigenvalue weighted by molar-refractivity contribution is 5.31. The smallest absolute Gasteiger partial charge is 0.205 e. The zero-order valence-electron chi connectivity index (χ0n) is 9.60. The molecule has 0 saturated heterocycles. The van der Waals surface area contributed by atoms with E-state index in [0.717, 1.165) is 25.2 Å². The molecule has 2 atom stereocenters. The van der Waals surface area contributed by atoms with Gasteiger partial charge in [-0.15, -0.1) is 0 Å². The third-order valence-corrected chi connectivity index (χ3v) is 3.19. The summed E-state index contributed by atoms with van der Waals surface area (Å²) >= 11 is 0. The molecule has 1 aromatic heterocycles. The fourth-order valence-electron chi connectivity index (χ4n) is 2.19. The molecule has 1 aromatic rings. The first-order valence-corrected chi connectivity index (χ1v) is 5.81. The van der Waals surface area contributed by atoms with E-state index in [1.54, 1.807) is 12.5 Å². The monoisotopic (exact) mass is 218 g/mol. The summed E-state index contributed by atoms with van der Waals surface area (Å²) in [6, 6.07) is -0.0531. The minimum Gasteiger partial charge on any atom is -0.448 e. The number of oxazole rings is 1. The molecule has 0 radical (unpaired) electrons. The molecule has 1 heterocycles. The number of aromatic nitrogens is 1. The van der Waals surface area contributed by atoms with Crippen LogP contribution in [0.5, 0.6) is 0 Å². The average molecular weight is 218 g/mol. The van der Waals surface area contributed by atoms with Gasteiger partial charge in [0.2, 0.25) is 5.89 Å². The van der Waals surface area contributed by atoms with Crippen molar-refractivity contribution in [3.63, 3.8) is 0 Å². The Morgan fingerprint density at radius 1 is 1.50 bits per heavy atom. The Hall–Kier alpha value is -1.35. The molecule has 0 bridgehead atoms. The number of allylic oxidation sites excluding steroid dienone is 2. The topological polar surface area (TPSA) is 52.0 Å². The summed E-state index contributed by atoms with van der Waals surface area (Å²) in [4.78, 5) is 4.28. The molecule has 1 unspecified atom stereocenters. The zero-order valence-corrected chi connectivity index (χ0v) is 9.60. The van der Waals surface area contributed by atoms with E-state index in [2.05, 4.69) is 18.0 Å². The van der Waals surface area contributed by atoms with E-state index in [0.29, 0.717) is 0 Å². The van der Waals surface area contributed by atoms with Crippen molar-refractivity contribution in [2.24, 2.45) is 5.73 Å². The van der Waals surface area contributed by atoms with Crippen molar-refractivity contribution < 1.29 is 4.42 Å². The summed E-state index contributed by atoms with van der Waals surface area (Å²) in [5, 5.41) is 0. The van der Waals surface area contributed by atoms with Gasteiger partial charge in [0.1, 0.15) is 6.26 Å². The SMILES string of the molecule is CCCC[C@]1(c2ncco2)C=CC=CC1N. The molecule has 1 aliphatic carbocycles. The fourth-order valence-corrected chi connectivity index (χ4v) is 2.19. The van der Waals surface area contributed by atoms with E-state index >= 15 is 0 Å². The second-order valence-electron chi connectivity index (χ2n) is 4.25. The quantitative estimate of drug-likeness (QED) is 0.845. The first-order valence-electron chi connectivity index (χ1n) is 5.81. The minimum atomic E-state index is -0.256. The Bertz CT molecular complexity index is 381. The van der Waals surface area contributed by atoms with E-state index in [1.807, 2.05) is 18.2 Å². The van der Waals surface area contributed by atoms with Crippen molar-refractivity contribution in [1.29, 1.82) is 0 Å². The highest BCUT2D eigenvalue weighted by Gasteiger charge is 2.39. The Morgan fingerprint density at radius 2 is 2.38 bits per heavy atom. The van der Waals surface area contributed by atoms with Gasteiger partial charge in [0.25, 0.3) is 0 Å². The van der Waals surface area contributed by atoms with Gasteiger partial charge in [0.05, 0.1) is 11.6 Å². The van der Waals surface area contributed by atoms with E-state index in [9.17, 15) is 0 Å². The molecule has 86 valence electrons. The average Bonchev–Trinajstić information content (AvgIpc) is 2.82. The van der Waals surface area contributed by atoms with E-state index in [4.69, 9.17) is 10.2 Å². The van der Waals surface area contributed by atoms with Crippen molar-refractivity contribution in [2.45, 2.75) is 37.6 Å². The third-order valence-electron chi connectivity index (χ3n) is 3.19. The van der Waals surface area contributed by atoms with E-state index in [1.165, 1.54) is 0 Å². The summed E-state index contributed by atoms with van der Waals surface area (Å²) in [6.45, 7) is 2.18. The number of nitrogens with two attached hydrogens (primary N) is 1. The molecule has 0 spiro atoms. The maximum Gasteiger partial charge on any atom is 0.205 e. The number of hydrogen-bond acceptors (Lipinski definition) is 3. The first-order chi connectivity index (χ1) is 7.79. The molecular formula is C13H18N2O. The molecule has 1 aliphatic rings. The standard InChI is InChI=1S/C13H18N2O/c1-2-3-7-13(12-15-9-10-16-12)8-5-4-6-11(13)14/h4-6,8-11H,2-3,7,14H2,1H3/t11?,13-/m0/s1. The van der Waals surface area contributed by atoms with Gasteiger partial charge in [0, 0.05) is 6.04 Å². The van der Waals surface area contributed by atoms with Crippen LogP contribution in [0.25, 0.3) is 0 Å². The normalized spacial score (nSPS) is 28.5. The lowest BCUT2D eigenvalue weighted by Gasteiger charge is -2.33. The second kappa shape index (κ2) is 4.66. The fraction of sp³-hybridized carbons (Fsp3) is 0.462. The van der Waals surface area contributed by atoms with Crippen LogP contribution in [0, 0.1) is 0 Å². The van der Waals surface area contributed by atoms with Gasteiger partial charge in [-0.05, 0) is 6.42 Å². The highest BCUT2D eigenvalue weighted by atomic mass is 16.3. The van der Waals surface area contributed by atoms with Crippen molar-refractivity contribution in [3.8, 4) is 0 Å². The molecule has 3 nitrogen and oxygen atoms in total. The van der Waals surface area contributed by atoms with Crippen LogP contribution in [-0.2, 0) is 5.41 Å². The van der Waals surface area contributed by atoms with Gasteiger partial charge in [0.15, 0.2) is 0 Å². The van der Waals surface area contributed by atoms with Crippen molar-refractivity contribution in [3.05, 3.63) is 42.7 Å². The number of unbranched alkanes of at least 4 members (excludes halogenated alkanes) is 1. The Kier molecular flexibility index (Phi) is 3.25. The van der Waals surface area contributed by atoms with Gasteiger partial charge >= 0.3 is 0 Å². The molecule has 2 N–H and O–H groups in total. The predicted octanol–water partition coefficient (Wildman–Crippen LogP) is 2.56. The first kappa shape index (κ1) is 11.1. The molecule has 0 aliphatic heterocycles. The molecular weight excluding hydrogens is 200 g/mol. The predicted molar refractivity (Wildman–Crippen MR) is 64.0 cm³/mol. The van der Waals surface area contributed by atoms with Crippen LogP contribution in [-0.4, -0.2) is 11.0 Å². The van der Waals surface area contributed by atoms with Gasteiger partial charge in [-0.2, -0.15) is 0 Å². The summed E-state index contributed by atoms with van der Waals surface area (Å²) in [6.07, 6.45) is 14.7. The third kappa shape index (κ3) is 1.83. The van der Waals surface area contributed by atoms with Gasteiger partial charge < -0.3 is 10.2 Å². The molecule has 0 saturated carbocycles. The zero-order chi connectivity index (χ0) is 11.4. The largest absolute Gasteiger partial charge is 0.448 e. The van der Waals surface area contributed by atoms with Crippen LogP contribution in [0.15, 0.2) is 41.2 Å². The second-order valence-corrected chi connectivity index (χ2v) is 4.25. The molecule has 3 heteroatoms. The molecule has 16 heavy (non-hydrogen) atoms. The van der Waals surface area contributed by atoms with Crippen molar-refractivity contribution >= 4 is 0 Å². The van der Waals surface area contributed by atoms with Crippen LogP contribution in [0.4, 0.5) is 0 Å². The van der Waals surface area contributed by atoms with Crippen LogP contribution in [0.1, 0.15) is 32.1 Å². The summed E-state index contributed by atoms with van der Waals surface area (Å²) in [7, 11) is 0. The van der Waals surface area contributed by atoms with Gasteiger partial charge in [-0.1, -0.05) is 44.1 Å². The summed E-state index contributed by atoms with van der Waals surface area (Å²) in [5.41, 5.74) is 5.95. The number of hydrogen-bond donors (Lipinski definition) is 1. The van der Waals surface area contributed by atoms with Crippen LogP contribution in [0.2, 0.25) is 0 Å². The molecule has 0 aromatic carbocycles. The maximum atomic E-state index is 6.21. The van der Waals surface area contributed by atoms with Crippen molar-refractivity contribution in [2.75, 3.05) is 0 Å². The van der Waals surface area contributed by atoms with Gasteiger partial charge in [-0.3, -0.25) is 0 Å². The van der Waals surface area contributed by atoms with Crippen LogP contribution >= 0.6 is 0 Å². The van der Waals surface area contributed by atoms with Crippen LogP contribution < -0.4 is 5.73 Å². The number of nitrogens with zero attached hydrogens (tertiary/aromatic N) is 1. The Morgan fingerprint density at radius 3 is 3.00 bits per heavy atom. The van der Waals surface area contributed by atoms with E-state index in [-0.39, 0.29) is 11.5 Å². The number of rotatable bonds is 4. The lowest BCUT2D eigenvalue weighted by atomic mass is 9.74. The van der Waals surface area contributed by atoms with Crippen LogP contribution in [0.3, 0.4) is 0 Å².